The molecule has 1 heterocycles. The molecule has 1 aliphatic heterocycles. The van der Waals surface area contributed by atoms with Crippen LogP contribution in [0.4, 0.5) is 0 Å². The van der Waals surface area contributed by atoms with Gasteiger partial charge in [-0.25, -0.2) is 4.79 Å². The van der Waals surface area contributed by atoms with Crippen LogP contribution in [0.15, 0.2) is 0 Å². The van der Waals surface area contributed by atoms with E-state index in [-0.39, 0.29) is 5.60 Å². The Balaban J connectivity index is 1.43. The molecule has 22 heavy (non-hydrogen) atoms. The van der Waals surface area contributed by atoms with E-state index >= 15 is 0 Å². The van der Waals surface area contributed by atoms with Gasteiger partial charge >= 0.3 is 5.97 Å². The Morgan fingerprint density at radius 1 is 1.23 bits per heavy atom. The summed E-state index contributed by atoms with van der Waals surface area (Å²) < 4.78 is 11.6. The molecule has 3 nitrogen and oxygen atoms in total. The van der Waals surface area contributed by atoms with Gasteiger partial charge < -0.3 is 9.47 Å². The van der Waals surface area contributed by atoms with Gasteiger partial charge in [0, 0.05) is 11.8 Å². The maximum atomic E-state index is 11.6. The summed E-state index contributed by atoms with van der Waals surface area (Å²) in [5, 5.41) is 0. The summed E-state index contributed by atoms with van der Waals surface area (Å²) in [7, 11) is 0. The van der Waals surface area contributed by atoms with Crippen molar-refractivity contribution < 1.29 is 14.3 Å². The summed E-state index contributed by atoms with van der Waals surface area (Å²) in [6.07, 6.45) is 5.35. The van der Waals surface area contributed by atoms with Crippen LogP contribution in [0.1, 0.15) is 39.5 Å². The molecule has 0 spiro atoms. The van der Waals surface area contributed by atoms with Crippen molar-refractivity contribution in [3.05, 3.63) is 0 Å². The van der Waals surface area contributed by atoms with E-state index in [0.29, 0.717) is 18.6 Å². The van der Waals surface area contributed by atoms with E-state index in [9.17, 15) is 4.79 Å². The zero-order chi connectivity index (χ0) is 15.1. The zero-order valence-electron chi connectivity index (χ0n) is 13.4. The topological polar surface area (TPSA) is 35.5 Å². The lowest BCUT2D eigenvalue weighted by molar-refractivity contribution is -0.156. The summed E-state index contributed by atoms with van der Waals surface area (Å²) in [5.74, 6) is 11.2. The number of carbonyl (C=O) groups is 1. The van der Waals surface area contributed by atoms with Crippen molar-refractivity contribution in [2.24, 2.45) is 41.4 Å². The molecule has 0 amide bonds. The van der Waals surface area contributed by atoms with Crippen molar-refractivity contribution >= 4 is 5.97 Å². The lowest BCUT2D eigenvalue weighted by Gasteiger charge is -2.47. The Labute approximate surface area is 132 Å². The van der Waals surface area contributed by atoms with Crippen LogP contribution in [0, 0.1) is 53.3 Å². The fourth-order valence-corrected chi connectivity index (χ4v) is 6.23. The Kier molecular flexibility index (Phi) is 2.62. The number of hydrogen-bond acceptors (Lipinski definition) is 3. The van der Waals surface area contributed by atoms with E-state index in [1.54, 1.807) is 0 Å². The lowest BCUT2D eigenvalue weighted by atomic mass is 9.69. The van der Waals surface area contributed by atoms with Gasteiger partial charge in [0.25, 0.3) is 0 Å². The molecule has 118 valence electrons. The highest BCUT2D eigenvalue weighted by atomic mass is 16.5. The maximum absolute atomic E-state index is 11.6. The van der Waals surface area contributed by atoms with Gasteiger partial charge in [-0.05, 0) is 68.1 Å². The molecule has 5 fully saturated rings. The minimum Gasteiger partial charge on any atom is -0.456 e. The quantitative estimate of drug-likeness (QED) is 0.424. The first-order valence-corrected chi connectivity index (χ1v) is 9.00. The fraction of sp³-hybridized carbons (Fsp3) is 0.842. The van der Waals surface area contributed by atoms with E-state index in [1.807, 2.05) is 6.92 Å². The molecule has 3 heteroatoms. The van der Waals surface area contributed by atoms with Crippen LogP contribution in [0.25, 0.3) is 0 Å². The molecule has 4 saturated carbocycles. The minimum atomic E-state index is -0.400. The van der Waals surface area contributed by atoms with E-state index in [0.717, 1.165) is 41.9 Å². The summed E-state index contributed by atoms with van der Waals surface area (Å²) in [6, 6.07) is 0. The first-order valence-electron chi connectivity index (χ1n) is 9.00. The molecule has 5 rings (SSSR count). The van der Waals surface area contributed by atoms with Crippen LogP contribution in [0.5, 0.6) is 0 Å². The smallest absolute Gasteiger partial charge is 0.384 e. The van der Waals surface area contributed by atoms with Crippen LogP contribution in [0.2, 0.25) is 0 Å². The number of hydrogen-bond donors (Lipinski definition) is 0. The first-order chi connectivity index (χ1) is 10.6. The number of carbonyl (C=O) groups excluding carboxylic acids is 1. The van der Waals surface area contributed by atoms with Crippen molar-refractivity contribution in [3.8, 4) is 11.8 Å². The van der Waals surface area contributed by atoms with E-state index in [4.69, 9.17) is 9.47 Å². The second-order valence-corrected chi connectivity index (χ2v) is 8.24. The second kappa shape index (κ2) is 4.29. The van der Waals surface area contributed by atoms with Gasteiger partial charge in [0.15, 0.2) is 0 Å². The van der Waals surface area contributed by atoms with Crippen molar-refractivity contribution in [3.63, 3.8) is 0 Å². The number of ether oxygens (including phenoxy) is 2. The Morgan fingerprint density at radius 3 is 2.91 bits per heavy atom. The van der Waals surface area contributed by atoms with E-state index < -0.39 is 5.97 Å². The van der Waals surface area contributed by atoms with Gasteiger partial charge in [0.2, 0.25) is 0 Å². The van der Waals surface area contributed by atoms with Crippen LogP contribution in [-0.2, 0) is 14.3 Å². The van der Waals surface area contributed by atoms with Gasteiger partial charge in [-0.3, -0.25) is 0 Å². The molecule has 0 aromatic rings. The van der Waals surface area contributed by atoms with E-state index in [2.05, 4.69) is 18.8 Å². The number of esters is 1. The van der Waals surface area contributed by atoms with Crippen LogP contribution >= 0.6 is 0 Å². The average molecular weight is 300 g/mol. The first kappa shape index (κ1) is 13.4. The van der Waals surface area contributed by atoms with Gasteiger partial charge in [-0.1, -0.05) is 12.8 Å². The number of rotatable bonds is 1. The maximum Gasteiger partial charge on any atom is 0.384 e. The van der Waals surface area contributed by atoms with Gasteiger partial charge in [-0.15, -0.1) is 0 Å². The normalized spacial score (nSPS) is 55.9. The third-order valence-corrected chi connectivity index (χ3v) is 7.19. The molecule has 2 bridgehead atoms. The highest BCUT2D eigenvalue weighted by Crippen LogP contribution is 2.72. The summed E-state index contributed by atoms with van der Waals surface area (Å²) in [5.41, 5.74) is -0.329. The molecule has 1 saturated heterocycles. The average Bonchev–Trinajstić information content (AvgIpc) is 3.35. The van der Waals surface area contributed by atoms with Crippen molar-refractivity contribution in [1.82, 2.24) is 0 Å². The van der Waals surface area contributed by atoms with Crippen LogP contribution in [0.3, 0.4) is 0 Å². The predicted octanol–water partition coefficient (Wildman–Crippen LogP) is 2.64. The Hall–Kier alpha value is -1.01. The van der Waals surface area contributed by atoms with Gasteiger partial charge in [0.1, 0.15) is 5.60 Å². The largest absolute Gasteiger partial charge is 0.456 e. The van der Waals surface area contributed by atoms with Crippen LogP contribution in [-0.4, -0.2) is 24.3 Å². The Morgan fingerprint density at radius 2 is 2.09 bits per heavy atom. The van der Waals surface area contributed by atoms with Crippen molar-refractivity contribution in [2.75, 3.05) is 6.61 Å². The fourth-order valence-electron chi connectivity index (χ4n) is 6.23. The van der Waals surface area contributed by atoms with Gasteiger partial charge in [-0.2, -0.15) is 0 Å². The molecular formula is C19H24O3. The summed E-state index contributed by atoms with van der Waals surface area (Å²) in [4.78, 5) is 11.6. The molecule has 5 aliphatic rings. The van der Waals surface area contributed by atoms with Crippen molar-refractivity contribution in [1.29, 1.82) is 0 Å². The molecule has 3 unspecified atom stereocenters. The third-order valence-electron chi connectivity index (χ3n) is 7.19. The third kappa shape index (κ3) is 1.71. The molecule has 0 aromatic carbocycles. The molecular weight excluding hydrogens is 276 g/mol. The number of fused-ring (bicyclic) bond motifs is 9. The van der Waals surface area contributed by atoms with E-state index in [1.165, 1.54) is 19.3 Å². The summed E-state index contributed by atoms with van der Waals surface area (Å²) in [6.45, 7) is 4.59. The second-order valence-electron chi connectivity index (χ2n) is 8.24. The Bertz CT molecular complexity index is 587. The standard InChI is InChI=1S/C19H24O3/c1-3-21-17(20)4-5-19-9-14(12-8-15(12)19)18-13-7-11(13)10(2)6-16(18)22-19/h10-16,18H,3,6-9H2,1-2H3/t10-,11+,12+,13+,14?,15+,16?,18?,19-/m1/s1. The lowest BCUT2D eigenvalue weighted by Crippen LogP contribution is -2.49. The SMILES string of the molecule is CCOC(=O)C#C[C@]12CC(C3C(C[C@@H](C)[C@@H]4C[C@H]34)O1)[C@@H]1C[C@@H]12. The molecule has 0 N–H and O–H groups in total. The van der Waals surface area contributed by atoms with Crippen molar-refractivity contribution in [2.45, 2.75) is 51.2 Å². The monoisotopic (exact) mass is 300 g/mol. The molecule has 9 atom stereocenters. The molecule has 4 aliphatic carbocycles. The zero-order valence-corrected chi connectivity index (χ0v) is 13.4. The highest BCUT2D eigenvalue weighted by molar-refractivity contribution is 5.88. The predicted molar refractivity (Wildman–Crippen MR) is 80.6 cm³/mol. The molecule has 0 aromatic heterocycles. The van der Waals surface area contributed by atoms with Gasteiger partial charge in [0.05, 0.1) is 12.7 Å². The molecule has 0 radical (unpaired) electrons. The van der Waals surface area contributed by atoms with Crippen LogP contribution < -0.4 is 0 Å². The minimum absolute atomic E-state index is 0.329. The highest BCUT2D eigenvalue weighted by Gasteiger charge is 2.72. The summed E-state index contributed by atoms with van der Waals surface area (Å²) >= 11 is 0.